The predicted molar refractivity (Wildman–Crippen MR) is 116 cm³/mol. The fourth-order valence-electron chi connectivity index (χ4n) is 3.17. The minimum atomic E-state index is 0.756. The average molecular weight is 403 g/mol. The number of ether oxygens (including phenoxy) is 1. The molecule has 1 aliphatic heterocycles. The second-order valence-electron chi connectivity index (χ2n) is 6.66. The summed E-state index contributed by atoms with van der Waals surface area (Å²) in [7, 11) is 1.70. The molecule has 1 saturated heterocycles. The SMILES string of the molecule is CCNC(=NCCc1cccc(OC)c1)N1CCN(c2nc(CC)ns2)CC1. The van der Waals surface area contributed by atoms with Gasteiger partial charge in [0.1, 0.15) is 11.6 Å². The van der Waals surface area contributed by atoms with Gasteiger partial charge in [-0.25, -0.2) is 4.98 Å². The Morgan fingerprint density at radius 2 is 2.07 bits per heavy atom. The third kappa shape index (κ3) is 5.34. The molecule has 1 N–H and O–H groups in total. The van der Waals surface area contributed by atoms with Crippen LogP contribution in [-0.4, -0.2) is 66.6 Å². The fraction of sp³-hybridized carbons (Fsp3) is 0.550. The van der Waals surface area contributed by atoms with Crippen LogP contribution in [0.5, 0.6) is 5.75 Å². The first kappa shape index (κ1) is 20.4. The summed E-state index contributed by atoms with van der Waals surface area (Å²) in [5, 5.41) is 4.47. The third-order valence-corrected chi connectivity index (χ3v) is 5.57. The van der Waals surface area contributed by atoms with Crippen molar-refractivity contribution in [1.82, 2.24) is 19.6 Å². The lowest BCUT2D eigenvalue weighted by Gasteiger charge is -2.36. The minimum absolute atomic E-state index is 0.756. The molecule has 152 valence electrons. The van der Waals surface area contributed by atoms with Crippen LogP contribution in [0.15, 0.2) is 29.3 Å². The van der Waals surface area contributed by atoms with Crippen LogP contribution in [0.2, 0.25) is 0 Å². The molecular formula is C20H30N6OS. The van der Waals surface area contributed by atoms with Crippen molar-refractivity contribution < 1.29 is 4.74 Å². The number of aromatic nitrogens is 2. The van der Waals surface area contributed by atoms with E-state index in [2.05, 4.69) is 50.5 Å². The molecule has 1 aromatic heterocycles. The van der Waals surface area contributed by atoms with Crippen molar-refractivity contribution in [2.24, 2.45) is 4.99 Å². The number of nitrogens with one attached hydrogen (secondary N) is 1. The highest BCUT2D eigenvalue weighted by Crippen LogP contribution is 2.19. The molecule has 2 aromatic rings. The maximum absolute atomic E-state index is 5.30. The number of nitrogens with zero attached hydrogens (tertiary/aromatic N) is 5. The Morgan fingerprint density at radius 1 is 1.25 bits per heavy atom. The molecule has 0 atom stereocenters. The Bertz CT molecular complexity index is 770. The van der Waals surface area contributed by atoms with Crippen molar-refractivity contribution >= 4 is 22.6 Å². The maximum atomic E-state index is 5.30. The molecule has 0 saturated carbocycles. The number of piperazine rings is 1. The summed E-state index contributed by atoms with van der Waals surface area (Å²) in [6.45, 7) is 9.59. The van der Waals surface area contributed by atoms with Crippen LogP contribution in [0.3, 0.4) is 0 Å². The smallest absolute Gasteiger partial charge is 0.205 e. The van der Waals surface area contributed by atoms with Gasteiger partial charge in [-0.1, -0.05) is 19.1 Å². The van der Waals surface area contributed by atoms with Crippen molar-refractivity contribution in [2.45, 2.75) is 26.7 Å². The van der Waals surface area contributed by atoms with Crippen LogP contribution < -0.4 is 15.0 Å². The molecule has 8 heteroatoms. The van der Waals surface area contributed by atoms with Gasteiger partial charge in [0.15, 0.2) is 5.96 Å². The van der Waals surface area contributed by atoms with Crippen LogP contribution in [-0.2, 0) is 12.8 Å². The van der Waals surface area contributed by atoms with Gasteiger partial charge in [-0.15, -0.1) is 0 Å². The summed E-state index contributed by atoms with van der Waals surface area (Å²) in [4.78, 5) is 14.1. The molecule has 0 bridgehead atoms. The zero-order valence-electron chi connectivity index (χ0n) is 17.0. The van der Waals surface area contributed by atoms with Gasteiger partial charge in [0.2, 0.25) is 5.13 Å². The summed E-state index contributed by atoms with van der Waals surface area (Å²) in [6, 6.07) is 8.20. The molecule has 0 aliphatic carbocycles. The molecule has 1 aromatic carbocycles. The number of aryl methyl sites for hydroxylation is 1. The van der Waals surface area contributed by atoms with Crippen molar-refractivity contribution in [3.8, 4) is 5.75 Å². The van der Waals surface area contributed by atoms with Crippen LogP contribution in [0.4, 0.5) is 5.13 Å². The fourth-order valence-corrected chi connectivity index (χ4v) is 3.97. The van der Waals surface area contributed by atoms with Gasteiger partial charge in [-0.3, -0.25) is 4.99 Å². The average Bonchev–Trinajstić information content (AvgIpc) is 3.23. The number of methoxy groups -OCH3 is 1. The standard InChI is InChI=1S/C20H30N6OS/c1-4-18-23-20(28-24-18)26-13-11-25(12-14-26)19(21-5-2)22-10-9-16-7-6-8-17(15-16)27-3/h6-8,15H,4-5,9-14H2,1-3H3,(H,21,22). The normalized spacial score (nSPS) is 15.0. The lowest BCUT2D eigenvalue weighted by atomic mass is 10.1. The summed E-state index contributed by atoms with van der Waals surface area (Å²) in [5.74, 6) is 2.83. The van der Waals surface area contributed by atoms with E-state index in [1.165, 1.54) is 17.1 Å². The van der Waals surface area contributed by atoms with Crippen molar-refractivity contribution in [3.63, 3.8) is 0 Å². The largest absolute Gasteiger partial charge is 0.497 e. The first-order chi connectivity index (χ1) is 13.7. The van der Waals surface area contributed by atoms with E-state index < -0.39 is 0 Å². The number of benzene rings is 1. The molecule has 0 unspecified atom stereocenters. The first-order valence-electron chi connectivity index (χ1n) is 9.97. The van der Waals surface area contributed by atoms with Crippen molar-refractivity contribution in [1.29, 1.82) is 0 Å². The summed E-state index contributed by atoms with van der Waals surface area (Å²) < 4.78 is 9.71. The number of anilines is 1. The molecule has 0 spiro atoms. The Labute approximate surface area is 171 Å². The van der Waals surface area contributed by atoms with Crippen LogP contribution in [0.25, 0.3) is 0 Å². The third-order valence-electron chi connectivity index (χ3n) is 4.75. The zero-order chi connectivity index (χ0) is 19.8. The van der Waals surface area contributed by atoms with Gasteiger partial charge < -0.3 is 19.9 Å². The van der Waals surface area contributed by atoms with Crippen molar-refractivity contribution in [2.75, 3.05) is 51.3 Å². The van der Waals surface area contributed by atoms with Crippen LogP contribution in [0, 0.1) is 0 Å². The Balaban J connectivity index is 1.55. The number of rotatable bonds is 7. The van der Waals surface area contributed by atoms with E-state index in [9.17, 15) is 0 Å². The Kier molecular flexibility index (Phi) is 7.47. The van der Waals surface area contributed by atoms with E-state index in [-0.39, 0.29) is 0 Å². The quantitative estimate of drug-likeness (QED) is 0.567. The molecule has 28 heavy (non-hydrogen) atoms. The van der Waals surface area contributed by atoms with Gasteiger partial charge in [0, 0.05) is 57.2 Å². The van der Waals surface area contributed by atoms with E-state index in [1.54, 1.807) is 7.11 Å². The summed E-state index contributed by atoms with van der Waals surface area (Å²) in [5.41, 5.74) is 1.24. The number of guanidine groups is 1. The van der Waals surface area contributed by atoms with Crippen LogP contribution in [0.1, 0.15) is 25.2 Å². The molecule has 2 heterocycles. The number of aliphatic imine (C=N–C) groups is 1. The lowest BCUT2D eigenvalue weighted by Crippen LogP contribution is -2.52. The van der Waals surface area contributed by atoms with Gasteiger partial charge in [0.25, 0.3) is 0 Å². The highest BCUT2D eigenvalue weighted by molar-refractivity contribution is 7.09. The van der Waals surface area contributed by atoms with Gasteiger partial charge >= 0.3 is 0 Å². The van der Waals surface area contributed by atoms with Gasteiger partial charge in [-0.2, -0.15) is 4.37 Å². The van der Waals surface area contributed by atoms with E-state index >= 15 is 0 Å². The highest BCUT2D eigenvalue weighted by atomic mass is 32.1. The lowest BCUT2D eigenvalue weighted by molar-refractivity contribution is 0.372. The Hall–Kier alpha value is -2.35. The molecule has 0 amide bonds. The highest BCUT2D eigenvalue weighted by Gasteiger charge is 2.21. The predicted octanol–water partition coefficient (Wildman–Crippen LogP) is 2.44. The van der Waals surface area contributed by atoms with Gasteiger partial charge in [0.05, 0.1) is 7.11 Å². The van der Waals surface area contributed by atoms with Crippen molar-refractivity contribution in [3.05, 3.63) is 35.7 Å². The minimum Gasteiger partial charge on any atom is -0.497 e. The monoisotopic (exact) mass is 402 g/mol. The van der Waals surface area contributed by atoms with E-state index in [1.807, 2.05) is 12.1 Å². The second-order valence-corrected chi connectivity index (χ2v) is 7.39. The molecular weight excluding hydrogens is 372 g/mol. The molecule has 1 aliphatic rings. The van der Waals surface area contributed by atoms with Crippen LogP contribution >= 0.6 is 11.5 Å². The summed E-state index contributed by atoms with van der Waals surface area (Å²) in [6.07, 6.45) is 1.79. The first-order valence-corrected chi connectivity index (χ1v) is 10.7. The number of hydrogen-bond donors (Lipinski definition) is 1. The summed E-state index contributed by atoms with van der Waals surface area (Å²) >= 11 is 1.51. The zero-order valence-corrected chi connectivity index (χ0v) is 17.8. The molecule has 3 rings (SSSR count). The van der Waals surface area contributed by atoms with E-state index in [4.69, 9.17) is 9.73 Å². The van der Waals surface area contributed by atoms with E-state index in [0.29, 0.717) is 0 Å². The molecule has 0 radical (unpaired) electrons. The second kappa shape index (κ2) is 10.3. The van der Waals surface area contributed by atoms with Gasteiger partial charge in [-0.05, 0) is 31.0 Å². The van der Waals surface area contributed by atoms with E-state index in [0.717, 1.165) is 74.8 Å². The molecule has 1 fully saturated rings. The Morgan fingerprint density at radius 3 is 2.75 bits per heavy atom. The maximum Gasteiger partial charge on any atom is 0.205 e. The topological polar surface area (TPSA) is 65.9 Å². The molecule has 7 nitrogen and oxygen atoms in total. The number of hydrogen-bond acceptors (Lipinski definition) is 6.